The molecule has 2 aromatic heterocycles. The van der Waals surface area contributed by atoms with Gasteiger partial charge in [0.2, 0.25) is 5.91 Å². The number of nitrogens with one attached hydrogen (secondary N) is 1. The summed E-state index contributed by atoms with van der Waals surface area (Å²) < 4.78 is 0. The Bertz CT molecular complexity index is 569. The molecule has 1 N–H and O–H groups in total. The van der Waals surface area contributed by atoms with E-state index >= 15 is 0 Å². The summed E-state index contributed by atoms with van der Waals surface area (Å²) in [6.45, 7) is 0. The van der Waals surface area contributed by atoms with E-state index in [0.717, 1.165) is 29.1 Å². The van der Waals surface area contributed by atoms with Crippen LogP contribution in [-0.4, -0.2) is 16.9 Å². The van der Waals surface area contributed by atoms with Crippen molar-refractivity contribution in [2.45, 2.75) is 51.0 Å². The molecule has 1 aliphatic carbocycles. The normalized spacial score (nSPS) is 16.6. The fourth-order valence-corrected chi connectivity index (χ4v) is 4.31. The molecule has 1 aliphatic rings. The maximum absolute atomic E-state index is 12.1. The van der Waals surface area contributed by atoms with Gasteiger partial charge in [0.05, 0.1) is 12.1 Å². The number of hydrogen-bond donors (Lipinski definition) is 1. The molecule has 3 nitrogen and oxygen atoms in total. The highest BCUT2D eigenvalue weighted by Gasteiger charge is 2.16. The van der Waals surface area contributed by atoms with Crippen LogP contribution in [0.1, 0.15) is 44.2 Å². The third-order valence-electron chi connectivity index (χ3n) is 3.88. The summed E-state index contributed by atoms with van der Waals surface area (Å²) in [4.78, 5) is 16.7. The van der Waals surface area contributed by atoms with Gasteiger partial charge in [0.1, 0.15) is 5.01 Å². The highest BCUT2D eigenvalue weighted by molar-refractivity contribution is 7.14. The van der Waals surface area contributed by atoms with Gasteiger partial charge in [-0.1, -0.05) is 25.7 Å². The van der Waals surface area contributed by atoms with E-state index in [1.165, 1.54) is 25.7 Å². The number of hydrogen-bond acceptors (Lipinski definition) is 4. The van der Waals surface area contributed by atoms with Crippen molar-refractivity contribution in [3.8, 4) is 10.6 Å². The summed E-state index contributed by atoms with van der Waals surface area (Å²) in [5.74, 6) is 0.115. The Morgan fingerprint density at radius 2 is 2.05 bits per heavy atom. The second-order valence-corrected chi connectivity index (χ2v) is 7.23. The zero-order valence-corrected chi connectivity index (χ0v) is 13.6. The highest BCUT2D eigenvalue weighted by atomic mass is 32.1. The van der Waals surface area contributed by atoms with Gasteiger partial charge in [0.25, 0.3) is 0 Å². The predicted octanol–water partition coefficient (Wildman–Crippen LogP) is 4.25. The second kappa shape index (κ2) is 7.18. The van der Waals surface area contributed by atoms with Crippen LogP contribution in [0, 0.1) is 0 Å². The van der Waals surface area contributed by atoms with Crippen LogP contribution in [-0.2, 0) is 11.2 Å². The molecule has 0 spiro atoms. The maximum atomic E-state index is 12.1. The molecule has 2 heterocycles. The van der Waals surface area contributed by atoms with Gasteiger partial charge in [-0.25, -0.2) is 4.98 Å². The molecule has 0 saturated heterocycles. The van der Waals surface area contributed by atoms with Gasteiger partial charge in [0, 0.05) is 22.4 Å². The summed E-state index contributed by atoms with van der Waals surface area (Å²) in [6, 6.07) is 2.44. The third kappa shape index (κ3) is 4.14. The lowest BCUT2D eigenvalue weighted by molar-refractivity contribution is -0.121. The Hall–Kier alpha value is -1.20. The zero-order valence-electron chi connectivity index (χ0n) is 12.0. The van der Waals surface area contributed by atoms with Gasteiger partial charge in [-0.2, -0.15) is 11.3 Å². The van der Waals surface area contributed by atoms with Gasteiger partial charge in [-0.3, -0.25) is 4.79 Å². The Kier molecular flexibility index (Phi) is 5.04. The Morgan fingerprint density at radius 1 is 1.24 bits per heavy atom. The highest BCUT2D eigenvalue weighted by Crippen LogP contribution is 2.26. The monoisotopic (exact) mass is 320 g/mol. The lowest BCUT2D eigenvalue weighted by Gasteiger charge is -2.15. The average molecular weight is 320 g/mol. The minimum Gasteiger partial charge on any atom is -0.353 e. The topological polar surface area (TPSA) is 42.0 Å². The van der Waals surface area contributed by atoms with E-state index in [-0.39, 0.29) is 5.91 Å². The second-order valence-electron chi connectivity index (χ2n) is 5.59. The number of thiophene rings is 1. The summed E-state index contributed by atoms with van der Waals surface area (Å²) in [7, 11) is 0. The third-order valence-corrected chi connectivity index (χ3v) is 5.51. The molecule has 0 radical (unpaired) electrons. The van der Waals surface area contributed by atoms with Crippen molar-refractivity contribution in [2.75, 3.05) is 0 Å². The van der Waals surface area contributed by atoms with E-state index < -0.39 is 0 Å². The molecular weight excluding hydrogens is 300 g/mol. The molecule has 0 aromatic carbocycles. The molecule has 5 heteroatoms. The minimum absolute atomic E-state index is 0.115. The number of nitrogens with zero attached hydrogens (tertiary/aromatic N) is 1. The predicted molar refractivity (Wildman–Crippen MR) is 88.8 cm³/mol. The molecule has 1 fully saturated rings. The summed E-state index contributed by atoms with van der Waals surface area (Å²) >= 11 is 3.28. The maximum Gasteiger partial charge on any atom is 0.226 e. The smallest absolute Gasteiger partial charge is 0.226 e. The van der Waals surface area contributed by atoms with Crippen molar-refractivity contribution in [1.82, 2.24) is 10.3 Å². The fourth-order valence-electron chi connectivity index (χ4n) is 2.77. The number of carbonyl (C=O) groups is 1. The zero-order chi connectivity index (χ0) is 14.5. The Labute approximate surface area is 133 Å². The molecule has 2 aromatic rings. The van der Waals surface area contributed by atoms with Crippen molar-refractivity contribution >= 4 is 28.6 Å². The van der Waals surface area contributed by atoms with Gasteiger partial charge in [-0.15, -0.1) is 11.3 Å². The van der Waals surface area contributed by atoms with Gasteiger partial charge >= 0.3 is 0 Å². The van der Waals surface area contributed by atoms with Crippen LogP contribution in [0.2, 0.25) is 0 Å². The molecule has 0 aliphatic heterocycles. The lowest BCUT2D eigenvalue weighted by Crippen LogP contribution is -2.35. The summed E-state index contributed by atoms with van der Waals surface area (Å²) in [5.41, 5.74) is 2.03. The molecule has 0 unspecified atom stereocenters. The van der Waals surface area contributed by atoms with Crippen LogP contribution in [0.4, 0.5) is 0 Å². The van der Waals surface area contributed by atoms with E-state index in [0.29, 0.717) is 12.5 Å². The van der Waals surface area contributed by atoms with E-state index in [2.05, 4.69) is 27.1 Å². The standard InChI is InChI=1S/C16H20N2OS2/c19-15(17-13-5-3-1-2-4-6-13)9-14-11-21-16(18-14)12-7-8-20-10-12/h7-8,10-11,13H,1-6,9H2,(H,17,19). The number of rotatable bonds is 4. The molecule has 21 heavy (non-hydrogen) atoms. The van der Waals surface area contributed by atoms with Crippen LogP contribution in [0.5, 0.6) is 0 Å². The van der Waals surface area contributed by atoms with Crippen molar-refractivity contribution in [2.24, 2.45) is 0 Å². The molecule has 3 rings (SSSR count). The van der Waals surface area contributed by atoms with Crippen LogP contribution in [0.25, 0.3) is 10.6 Å². The van der Waals surface area contributed by atoms with Crippen molar-refractivity contribution < 1.29 is 4.79 Å². The number of amides is 1. The Morgan fingerprint density at radius 3 is 2.76 bits per heavy atom. The molecular formula is C16H20N2OS2. The molecule has 0 atom stereocenters. The van der Waals surface area contributed by atoms with Crippen LogP contribution in [0.3, 0.4) is 0 Å². The van der Waals surface area contributed by atoms with E-state index in [9.17, 15) is 4.79 Å². The number of thiazole rings is 1. The van der Waals surface area contributed by atoms with E-state index in [1.54, 1.807) is 22.7 Å². The van der Waals surface area contributed by atoms with Crippen molar-refractivity contribution in [3.05, 3.63) is 27.9 Å². The average Bonchev–Trinajstić information content (AvgIpc) is 3.07. The molecule has 112 valence electrons. The molecule has 1 amide bonds. The van der Waals surface area contributed by atoms with Crippen molar-refractivity contribution in [3.63, 3.8) is 0 Å². The number of carbonyl (C=O) groups excluding carboxylic acids is 1. The first kappa shape index (κ1) is 14.7. The van der Waals surface area contributed by atoms with Crippen LogP contribution < -0.4 is 5.32 Å². The largest absolute Gasteiger partial charge is 0.353 e. The van der Waals surface area contributed by atoms with E-state index in [4.69, 9.17) is 0 Å². The molecule has 0 bridgehead atoms. The summed E-state index contributed by atoms with van der Waals surface area (Å²) in [6.07, 6.45) is 7.75. The Balaban J connectivity index is 1.55. The molecule has 1 saturated carbocycles. The summed E-state index contributed by atoms with van der Waals surface area (Å²) in [5, 5.41) is 10.3. The fraction of sp³-hybridized carbons (Fsp3) is 0.500. The quantitative estimate of drug-likeness (QED) is 0.856. The van der Waals surface area contributed by atoms with Gasteiger partial charge in [-0.05, 0) is 24.3 Å². The van der Waals surface area contributed by atoms with Crippen LogP contribution in [0.15, 0.2) is 22.2 Å². The van der Waals surface area contributed by atoms with Gasteiger partial charge in [0.15, 0.2) is 0 Å². The van der Waals surface area contributed by atoms with E-state index in [1.807, 2.05) is 5.38 Å². The number of aromatic nitrogens is 1. The SMILES string of the molecule is O=C(Cc1csc(-c2ccsc2)n1)NC1CCCCCC1. The first-order valence-corrected chi connectivity index (χ1v) is 9.40. The first-order valence-electron chi connectivity index (χ1n) is 7.57. The first-order chi connectivity index (χ1) is 10.3. The minimum atomic E-state index is 0.115. The van der Waals surface area contributed by atoms with Crippen molar-refractivity contribution in [1.29, 1.82) is 0 Å². The van der Waals surface area contributed by atoms with Crippen LogP contribution >= 0.6 is 22.7 Å². The van der Waals surface area contributed by atoms with Gasteiger partial charge < -0.3 is 5.32 Å². The lowest BCUT2D eigenvalue weighted by atomic mass is 10.1.